The third-order valence-electron chi connectivity index (χ3n) is 1.76. The second-order valence-corrected chi connectivity index (χ2v) is 3.09. The molecule has 0 aliphatic carbocycles. The molecule has 6 heteroatoms. The minimum Gasteiger partial charge on any atom is -0.481 e. The van der Waals surface area contributed by atoms with Crippen molar-refractivity contribution in [2.24, 2.45) is 0 Å². The maximum atomic E-state index is 11.9. The maximum absolute atomic E-state index is 11.9. The Morgan fingerprint density at radius 1 is 1.38 bits per heavy atom. The van der Waals surface area contributed by atoms with E-state index >= 15 is 0 Å². The van der Waals surface area contributed by atoms with E-state index in [0.717, 1.165) is 6.07 Å². The highest BCUT2D eigenvalue weighted by atomic mass is 19.4. The van der Waals surface area contributed by atoms with Gasteiger partial charge in [0, 0.05) is 6.42 Å². The molecule has 1 aromatic rings. The molecular weight excluding hydrogens is 225 g/mol. The first-order valence-electron chi connectivity index (χ1n) is 4.43. The van der Waals surface area contributed by atoms with E-state index in [2.05, 4.69) is 4.74 Å². The molecule has 0 amide bonds. The Balaban J connectivity index is 2.67. The molecule has 88 valence electrons. The summed E-state index contributed by atoms with van der Waals surface area (Å²) in [6.45, 7) is 0. The summed E-state index contributed by atoms with van der Waals surface area (Å²) >= 11 is 0. The van der Waals surface area contributed by atoms with Crippen molar-refractivity contribution in [1.82, 2.24) is 0 Å². The van der Waals surface area contributed by atoms with Gasteiger partial charge in [0.2, 0.25) is 0 Å². The molecule has 0 aromatic heterocycles. The topological polar surface area (TPSA) is 46.5 Å². The van der Waals surface area contributed by atoms with E-state index in [4.69, 9.17) is 5.11 Å². The Labute approximate surface area is 89.5 Å². The third kappa shape index (κ3) is 4.68. The number of aryl methyl sites for hydroxylation is 1. The predicted octanol–water partition coefficient (Wildman–Crippen LogP) is 2.60. The fraction of sp³-hybridized carbons (Fsp3) is 0.300. The minimum atomic E-state index is -4.73. The third-order valence-corrected chi connectivity index (χ3v) is 1.76. The maximum Gasteiger partial charge on any atom is 0.573 e. The van der Waals surface area contributed by atoms with E-state index in [-0.39, 0.29) is 18.6 Å². The number of benzene rings is 1. The number of rotatable bonds is 4. The highest BCUT2D eigenvalue weighted by molar-refractivity contribution is 5.67. The molecule has 0 saturated carbocycles. The van der Waals surface area contributed by atoms with Gasteiger partial charge in [0.15, 0.2) is 0 Å². The number of ether oxygens (including phenoxy) is 1. The van der Waals surface area contributed by atoms with Crippen molar-refractivity contribution in [1.29, 1.82) is 0 Å². The first-order valence-corrected chi connectivity index (χ1v) is 4.43. The number of carboxylic acid groups (broad SMARTS) is 1. The van der Waals surface area contributed by atoms with E-state index in [1.54, 1.807) is 6.07 Å². The Morgan fingerprint density at radius 2 is 2.06 bits per heavy atom. The summed E-state index contributed by atoms with van der Waals surface area (Å²) < 4.78 is 39.3. The van der Waals surface area contributed by atoms with Gasteiger partial charge in [0.05, 0.1) is 0 Å². The van der Waals surface area contributed by atoms with Gasteiger partial charge in [0.1, 0.15) is 5.75 Å². The van der Waals surface area contributed by atoms with Crippen LogP contribution in [0.15, 0.2) is 24.3 Å². The fourth-order valence-electron chi connectivity index (χ4n) is 1.15. The molecule has 0 heterocycles. The van der Waals surface area contributed by atoms with Crippen molar-refractivity contribution in [3.63, 3.8) is 0 Å². The zero-order valence-corrected chi connectivity index (χ0v) is 8.12. The van der Waals surface area contributed by atoms with Crippen LogP contribution in [0.5, 0.6) is 5.75 Å². The molecule has 0 fully saturated rings. The molecule has 16 heavy (non-hydrogen) atoms. The lowest BCUT2D eigenvalue weighted by atomic mass is 10.1. The average molecular weight is 234 g/mol. The Bertz CT molecular complexity index is 374. The van der Waals surface area contributed by atoms with E-state index in [1.165, 1.54) is 12.1 Å². The van der Waals surface area contributed by atoms with Crippen molar-refractivity contribution in [2.45, 2.75) is 19.2 Å². The fourth-order valence-corrected chi connectivity index (χ4v) is 1.15. The van der Waals surface area contributed by atoms with Crippen LogP contribution in [0.2, 0.25) is 0 Å². The molecule has 0 saturated heterocycles. The molecule has 1 aromatic carbocycles. The van der Waals surface area contributed by atoms with Crippen LogP contribution in [0, 0.1) is 0 Å². The molecule has 0 radical (unpaired) electrons. The molecule has 3 nitrogen and oxygen atoms in total. The first-order chi connectivity index (χ1) is 7.37. The summed E-state index contributed by atoms with van der Waals surface area (Å²) in [6.07, 6.45) is -4.69. The van der Waals surface area contributed by atoms with Gasteiger partial charge in [-0.1, -0.05) is 12.1 Å². The molecule has 0 aliphatic rings. The molecule has 1 N–H and O–H groups in total. The molecule has 0 bridgehead atoms. The number of hydrogen-bond donors (Lipinski definition) is 1. The summed E-state index contributed by atoms with van der Waals surface area (Å²) in [5, 5.41) is 8.42. The van der Waals surface area contributed by atoms with Crippen molar-refractivity contribution in [3.8, 4) is 5.75 Å². The van der Waals surface area contributed by atoms with Gasteiger partial charge in [-0.2, -0.15) is 0 Å². The summed E-state index contributed by atoms with van der Waals surface area (Å²) in [7, 11) is 0. The lowest BCUT2D eigenvalue weighted by Gasteiger charge is -2.09. The summed E-state index contributed by atoms with van der Waals surface area (Å²) in [6, 6.07) is 5.28. The summed E-state index contributed by atoms with van der Waals surface area (Å²) in [5.74, 6) is -1.34. The zero-order valence-electron chi connectivity index (χ0n) is 8.12. The van der Waals surface area contributed by atoms with Gasteiger partial charge >= 0.3 is 12.3 Å². The molecule has 0 unspecified atom stereocenters. The first kappa shape index (κ1) is 12.4. The van der Waals surface area contributed by atoms with Crippen molar-refractivity contribution in [2.75, 3.05) is 0 Å². The normalized spacial score (nSPS) is 11.2. The zero-order chi connectivity index (χ0) is 12.2. The number of alkyl halides is 3. The SMILES string of the molecule is O=C(O)CCc1cccc(OC(F)(F)F)c1. The van der Waals surface area contributed by atoms with Gasteiger partial charge in [-0.3, -0.25) is 4.79 Å². The lowest BCUT2D eigenvalue weighted by Crippen LogP contribution is -2.17. The number of aliphatic carboxylic acids is 1. The van der Waals surface area contributed by atoms with Crippen LogP contribution >= 0.6 is 0 Å². The minimum absolute atomic E-state index is 0.129. The van der Waals surface area contributed by atoms with Gasteiger partial charge in [0.25, 0.3) is 0 Å². The number of halogens is 3. The monoisotopic (exact) mass is 234 g/mol. The van der Waals surface area contributed by atoms with Crippen LogP contribution in [-0.2, 0) is 11.2 Å². The highest BCUT2D eigenvalue weighted by Gasteiger charge is 2.31. The van der Waals surface area contributed by atoms with E-state index in [9.17, 15) is 18.0 Å². The lowest BCUT2D eigenvalue weighted by molar-refractivity contribution is -0.274. The van der Waals surface area contributed by atoms with E-state index in [1.807, 2.05) is 0 Å². The second-order valence-electron chi connectivity index (χ2n) is 3.09. The quantitative estimate of drug-likeness (QED) is 0.870. The number of carbonyl (C=O) groups is 1. The van der Waals surface area contributed by atoms with Crippen LogP contribution in [0.25, 0.3) is 0 Å². The second kappa shape index (κ2) is 4.87. The Kier molecular flexibility index (Phi) is 3.76. The molecule has 1 rings (SSSR count). The largest absolute Gasteiger partial charge is 0.573 e. The van der Waals surface area contributed by atoms with Crippen molar-refractivity contribution >= 4 is 5.97 Å². The van der Waals surface area contributed by atoms with Crippen molar-refractivity contribution < 1.29 is 27.8 Å². The van der Waals surface area contributed by atoms with Crippen LogP contribution < -0.4 is 4.74 Å². The molecule has 0 atom stereocenters. The van der Waals surface area contributed by atoms with Crippen LogP contribution in [-0.4, -0.2) is 17.4 Å². The number of carboxylic acids is 1. The van der Waals surface area contributed by atoms with Gasteiger partial charge in [-0.25, -0.2) is 0 Å². The Hall–Kier alpha value is -1.72. The van der Waals surface area contributed by atoms with Crippen LogP contribution in [0.4, 0.5) is 13.2 Å². The summed E-state index contributed by atoms with van der Waals surface area (Å²) in [4.78, 5) is 10.3. The van der Waals surface area contributed by atoms with Crippen molar-refractivity contribution in [3.05, 3.63) is 29.8 Å². The van der Waals surface area contributed by atoms with Crippen LogP contribution in [0.1, 0.15) is 12.0 Å². The average Bonchev–Trinajstić information content (AvgIpc) is 2.12. The summed E-state index contributed by atoms with van der Waals surface area (Å²) in [5.41, 5.74) is 0.490. The van der Waals surface area contributed by atoms with Gasteiger partial charge < -0.3 is 9.84 Å². The Morgan fingerprint density at radius 3 is 2.62 bits per heavy atom. The number of hydrogen-bond acceptors (Lipinski definition) is 2. The highest BCUT2D eigenvalue weighted by Crippen LogP contribution is 2.23. The van der Waals surface area contributed by atoms with E-state index in [0.29, 0.717) is 5.56 Å². The van der Waals surface area contributed by atoms with E-state index < -0.39 is 12.3 Å². The smallest absolute Gasteiger partial charge is 0.481 e. The van der Waals surface area contributed by atoms with Crippen LogP contribution in [0.3, 0.4) is 0 Å². The van der Waals surface area contributed by atoms with Gasteiger partial charge in [-0.15, -0.1) is 13.2 Å². The predicted molar refractivity (Wildman–Crippen MR) is 49.1 cm³/mol. The van der Waals surface area contributed by atoms with Gasteiger partial charge in [-0.05, 0) is 24.1 Å². The molecule has 0 aliphatic heterocycles. The molecule has 0 spiro atoms. The molecular formula is C10H9F3O3. The standard InChI is InChI=1S/C10H9F3O3/c11-10(12,13)16-8-3-1-2-7(6-8)4-5-9(14)15/h1-3,6H,4-5H2,(H,14,15).